The van der Waals surface area contributed by atoms with Crippen molar-refractivity contribution in [1.29, 1.82) is 0 Å². The molecule has 5 heterocycles. The molecule has 37 heavy (non-hydrogen) atoms. The second-order valence-electron chi connectivity index (χ2n) is 9.14. The van der Waals surface area contributed by atoms with Gasteiger partial charge < -0.3 is 10.3 Å². The highest BCUT2D eigenvalue weighted by molar-refractivity contribution is 7.15. The van der Waals surface area contributed by atoms with Crippen LogP contribution in [0.5, 0.6) is 0 Å². The van der Waals surface area contributed by atoms with Gasteiger partial charge in [0, 0.05) is 44.4 Å². The lowest BCUT2D eigenvalue weighted by Crippen LogP contribution is -2.11. The molecule has 0 bridgehead atoms. The van der Waals surface area contributed by atoms with Crippen molar-refractivity contribution in [2.24, 2.45) is 0 Å². The number of aryl methyl sites for hydroxylation is 1. The first-order chi connectivity index (χ1) is 18.1. The number of hydrogen-bond acceptors (Lipinski definition) is 5. The normalized spacial score (nSPS) is 11.4. The van der Waals surface area contributed by atoms with Crippen molar-refractivity contribution < 1.29 is 4.79 Å². The third kappa shape index (κ3) is 4.51. The van der Waals surface area contributed by atoms with Gasteiger partial charge in [0.1, 0.15) is 11.2 Å². The predicted octanol–water partition coefficient (Wildman–Crippen LogP) is 7.33. The maximum atomic E-state index is 12.2. The Bertz CT molecular complexity index is 1740. The van der Waals surface area contributed by atoms with Gasteiger partial charge in [-0.3, -0.25) is 14.9 Å². The van der Waals surface area contributed by atoms with Crippen molar-refractivity contribution in [2.45, 2.75) is 33.1 Å². The first-order valence-electron chi connectivity index (χ1n) is 12.4. The number of carbonyl (C=O) groups is 1. The van der Waals surface area contributed by atoms with Crippen molar-refractivity contribution in [3.8, 4) is 33.1 Å². The zero-order valence-corrected chi connectivity index (χ0v) is 21.4. The van der Waals surface area contributed by atoms with Crippen molar-refractivity contribution in [3.63, 3.8) is 0 Å². The molecule has 1 amide bonds. The summed E-state index contributed by atoms with van der Waals surface area (Å²) < 4.78 is 0. The van der Waals surface area contributed by atoms with Crippen LogP contribution in [0.15, 0.2) is 67.0 Å². The lowest BCUT2D eigenvalue weighted by Gasteiger charge is -2.07. The summed E-state index contributed by atoms with van der Waals surface area (Å²) in [5.41, 5.74) is 7.81. The van der Waals surface area contributed by atoms with E-state index in [-0.39, 0.29) is 5.91 Å². The second kappa shape index (κ2) is 9.63. The zero-order valence-electron chi connectivity index (χ0n) is 20.6. The number of hydrogen-bond donors (Lipinski definition) is 3. The number of nitrogens with one attached hydrogen (secondary N) is 3. The SMILES string of the molecule is CCCCC(=O)Nc1cncc(-c2ccc3[nH]nc(-c4cc5c(-c6ccc(C)s6)cccc5[nH]4)c3n2)c1. The van der Waals surface area contributed by atoms with Gasteiger partial charge >= 0.3 is 0 Å². The molecular formula is C29H26N6OS. The molecule has 0 saturated carbocycles. The number of thiophene rings is 1. The Balaban J connectivity index is 1.37. The largest absolute Gasteiger partial charge is 0.353 e. The number of rotatable bonds is 7. The highest BCUT2D eigenvalue weighted by atomic mass is 32.1. The minimum atomic E-state index is -0.00257. The molecule has 0 aliphatic heterocycles. The minimum Gasteiger partial charge on any atom is -0.353 e. The topological polar surface area (TPSA) is 99.4 Å². The van der Waals surface area contributed by atoms with Crippen LogP contribution in [0.3, 0.4) is 0 Å². The van der Waals surface area contributed by atoms with Crippen LogP contribution in [0.2, 0.25) is 0 Å². The molecule has 3 N–H and O–H groups in total. The number of anilines is 1. The number of aromatic nitrogens is 5. The highest BCUT2D eigenvalue weighted by Crippen LogP contribution is 2.36. The molecule has 6 rings (SSSR count). The fourth-order valence-corrected chi connectivity index (χ4v) is 5.44. The van der Waals surface area contributed by atoms with E-state index in [1.165, 1.54) is 15.3 Å². The summed E-state index contributed by atoms with van der Waals surface area (Å²) >= 11 is 1.79. The first-order valence-corrected chi connectivity index (χ1v) is 13.2. The van der Waals surface area contributed by atoms with E-state index in [0.29, 0.717) is 12.1 Å². The molecule has 7 nitrogen and oxygen atoms in total. The van der Waals surface area contributed by atoms with Crippen LogP contribution in [-0.4, -0.2) is 31.1 Å². The van der Waals surface area contributed by atoms with Gasteiger partial charge in [0.15, 0.2) is 0 Å². The molecule has 0 unspecified atom stereocenters. The van der Waals surface area contributed by atoms with E-state index < -0.39 is 0 Å². The van der Waals surface area contributed by atoms with Crippen LogP contribution in [-0.2, 0) is 4.79 Å². The molecule has 8 heteroatoms. The van der Waals surface area contributed by atoms with Gasteiger partial charge in [0.05, 0.1) is 28.8 Å². The lowest BCUT2D eigenvalue weighted by molar-refractivity contribution is -0.116. The number of H-pyrrole nitrogens is 2. The number of amides is 1. The van der Waals surface area contributed by atoms with E-state index in [9.17, 15) is 4.79 Å². The number of aromatic amines is 2. The molecule has 0 aliphatic carbocycles. The van der Waals surface area contributed by atoms with E-state index in [0.717, 1.165) is 57.4 Å². The fraction of sp³-hybridized carbons (Fsp3) is 0.172. The Labute approximate surface area is 218 Å². The van der Waals surface area contributed by atoms with Crippen LogP contribution in [0.1, 0.15) is 31.1 Å². The quantitative estimate of drug-likeness (QED) is 0.211. The Morgan fingerprint density at radius 1 is 1.05 bits per heavy atom. The number of pyridine rings is 2. The summed E-state index contributed by atoms with van der Waals surface area (Å²) in [6.07, 6.45) is 5.76. The molecule has 5 aromatic heterocycles. The average molecular weight is 507 g/mol. The Hall–Kier alpha value is -4.30. The number of nitrogens with zero attached hydrogens (tertiary/aromatic N) is 3. The van der Waals surface area contributed by atoms with Gasteiger partial charge in [-0.25, -0.2) is 4.98 Å². The lowest BCUT2D eigenvalue weighted by atomic mass is 10.1. The van der Waals surface area contributed by atoms with Gasteiger partial charge in [-0.05, 0) is 55.8 Å². The highest BCUT2D eigenvalue weighted by Gasteiger charge is 2.16. The van der Waals surface area contributed by atoms with Crippen molar-refractivity contribution in [3.05, 3.63) is 71.9 Å². The zero-order chi connectivity index (χ0) is 25.4. The summed E-state index contributed by atoms with van der Waals surface area (Å²) in [6, 6.07) is 18.6. The van der Waals surface area contributed by atoms with E-state index >= 15 is 0 Å². The molecule has 0 aliphatic rings. The van der Waals surface area contributed by atoms with Crippen LogP contribution >= 0.6 is 11.3 Å². The van der Waals surface area contributed by atoms with Gasteiger partial charge in [-0.15, -0.1) is 11.3 Å². The summed E-state index contributed by atoms with van der Waals surface area (Å²) in [7, 11) is 0. The van der Waals surface area contributed by atoms with E-state index in [2.05, 4.69) is 75.7 Å². The number of fused-ring (bicyclic) bond motifs is 2. The maximum absolute atomic E-state index is 12.2. The summed E-state index contributed by atoms with van der Waals surface area (Å²) in [5, 5.41) is 11.8. The number of benzene rings is 1. The molecule has 1 aromatic carbocycles. The third-order valence-electron chi connectivity index (χ3n) is 6.41. The van der Waals surface area contributed by atoms with Gasteiger partial charge in [0.2, 0.25) is 5.91 Å². The summed E-state index contributed by atoms with van der Waals surface area (Å²) in [5.74, 6) is -0.00257. The van der Waals surface area contributed by atoms with Crippen LogP contribution < -0.4 is 5.32 Å². The fourth-order valence-electron chi connectivity index (χ4n) is 4.53. The Morgan fingerprint density at radius 3 is 2.81 bits per heavy atom. The smallest absolute Gasteiger partial charge is 0.224 e. The molecule has 6 aromatic rings. The Morgan fingerprint density at radius 2 is 1.97 bits per heavy atom. The van der Waals surface area contributed by atoms with Crippen molar-refractivity contribution in [1.82, 2.24) is 25.1 Å². The van der Waals surface area contributed by atoms with E-state index in [1.807, 2.05) is 18.2 Å². The van der Waals surface area contributed by atoms with E-state index in [1.54, 1.807) is 23.7 Å². The molecule has 0 saturated heterocycles. The van der Waals surface area contributed by atoms with Gasteiger partial charge in [-0.1, -0.05) is 25.5 Å². The molecule has 0 radical (unpaired) electrons. The predicted molar refractivity (Wildman–Crippen MR) is 151 cm³/mol. The minimum absolute atomic E-state index is 0.00257. The molecule has 0 fully saturated rings. The molecule has 184 valence electrons. The number of unbranched alkanes of at least 4 members (excludes halogenated alkanes) is 1. The van der Waals surface area contributed by atoms with Gasteiger partial charge in [-0.2, -0.15) is 5.10 Å². The van der Waals surface area contributed by atoms with Gasteiger partial charge in [0.25, 0.3) is 0 Å². The standard InChI is InChI=1S/C29H26N6OS/c1-3-4-8-27(36)31-19-13-18(15-30-16-19)22-10-11-24-28(33-22)29(35-34-24)25-14-21-20(6-5-7-23(21)32-25)26-12-9-17(2)37-26/h5-7,9-16,32H,3-4,8H2,1-2H3,(H,31,36)(H,34,35). The van der Waals surface area contributed by atoms with Crippen molar-refractivity contribution in [2.75, 3.05) is 5.32 Å². The van der Waals surface area contributed by atoms with Crippen molar-refractivity contribution >= 4 is 44.9 Å². The van der Waals surface area contributed by atoms with E-state index in [4.69, 9.17) is 4.98 Å². The van der Waals surface area contributed by atoms with Crippen LogP contribution in [0.25, 0.3) is 55.0 Å². The van der Waals surface area contributed by atoms with Crippen LogP contribution in [0.4, 0.5) is 5.69 Å². The number of carbonyl (C=O) groups excluding carboxylic acids is 1. The molecule has 0 spiro atoms. The van der Waals surface area contributed by atoms with Crippen LogP contribution in [0, 0.1) is 6.92 Å². The summed E-state index contributed by atoms with van der Waals surface area (Å²) in [4.78, 5) is 27.5. The monoisotopic (exact) mass is 506 g/mol. The first kappa shape index (κ1) is 23.1. The Kier molecular flexibility index (Phi) is 6.02. The summed E-state index contributed by atoms with van der Waals surface area (Å²) in [6.45, 7) is 4.20. The second-order valence-corrected chi connectivity index (χ2v) is 10.4. The molecule has 0 atom stereocenters. The maximum Gasteiger partial charge on any atom is 0.224 e. The average Bonchev–Trinajstić information content (AvgIpc) is 3.64. The molecular weight excluding hydrogens is 480 g/mol. The third-order valence-corrected chi connectivity index (χ3v) is 7.44.